The van der Waals surface area contributed by atoms with Crippen molar-refractivity contribution in [2.45, 2.75) is 50.9 Å². The second-order valence-corrected chi connectivity index (χ2v) is 11.0. The van der Waals surface area contributed by atoms with Gasteiger partial charge in [0, 0.05) is 37.6 Å². The Morgan fingerprint density at radius 2 is 1.46 bits per heavy atom. The van der Waals surface area contributed by atoms with Crippen molar-refractivity contribution < 1.29 is 41.8 Å². The molecular formula is C32H31F3N4O7. The molecule has 1 aromatic heterocycles. The summed E-state index contributed by atoms with van der Waals surface area (Å²) in [4.78, 5) is 16.7. The Morgan fingerprint density at radius 3 is 2.11 bits per heavy atom. The van der Waals surface area contributed by atoms with Crippen molar-refractivity contribution in [2.24, 2.45) is 0 Å². The molecule has 0 aliphatic carbocycles. The number of piperidine rings is 1. The molecule has 4 aromatic rings. The highest BCUT2D eigenvalue weighted by Crippen LogP contribution is 2.29. The Bertz CT molecular complexity index is 1600. The Balaban J connectivity index is 0.899. The number of aryl methyl sites for hydroxylation is 1. The number of fused-ring (bicyclic) bond motifs is 1. The second kappa shape index (κ2) is 13.6. The van der Waals surface area contributed by atoms with Crippen molar-refractivity contribution in [2.75, 3.05) is 19.7 Å². The van der Waals surface area contributed by atoms with E-state index in [1.807, 2.05) is 48.5 Å². The lowest BCUT2D eigenvalue weighted by Crippen LogP contribution is -2.37. The highest BCUT2D eigenvalue weighted by Gasteiger charge is 2.31. The van der Waals surface area contributed by atoms with Crippen LogP contribution in [0.3, 0.4) is 0 Å². The molecular weight excluding hydrogens is 609 g/mol. The van der Waals surface area contributed by atoms with Crippen LogP contribution in [0.1, 0.15) is 24.8 Å². The van der Waals surface area contributed by atoms with Crippen molar-refractivity contribution >= 4 is 5.82 Å². The topological polar surface area (TPSA) is 110 Å². The number of aromatic nitrogens is 2. The van der Waals surface area contributed by atoms with E-state index in [-0.39, 0.29) is 29.8 Å². The second-order valence-electron chi connectivity index (χ2n) is 11.0. The fourth-order valence-corrected chi connectivity index (χ4v) is 5.28. The summed E-state index contributed by atoms with van der Waals surface area (Å²) in [6.07, 6.45) is -1.07. The standard InChI is InChI=1S/C32H31F3N4O7/c33-32(34,35)46-28-11-9-26(10-12-28)43-24-3-1-22(2-4-24)19-37-16-13-27(14-17-37)44-25-7-5-23(6-8-25)42-21-29-15-18-38-20-30(39(40)41)36-31(38)45-29/h1-12,20,27,29H,13-19,21H2/t29-/m1/s1. The number of nitrogens with zero attached hydrogens (tertiary/aromatic N) is 4. The lowest BCUT2D eigenvalue weighted by atomic mass is 10.1. The van der Waals surface area contributed by atoms with E-state index in [0.29, 0.717) is 36.8 Å². The first kappa shape index (κ1) is 31.0. The molecule has 0 amide bonds. The van der Waals surface area contributed by atoms with Crippen molar-refractivity contribution in [3.63, 3.8) is 0 Å². The average molecular weight is 641 g/mol. The smallest absolute Gasteiger partial charge is 0.490 e. The van der Waals surface area contributed by atoms with Crippen LogP contribution in [0.15, 0.2) is 79.0 Å². The third kappa shape index (κ3) is 8.38. The molecule has 0 N–H and O–H groups in total. The SMILES string of the molecule is O=[N+]([O-])c1cn2c(n1)O[C@@H](COc1ccc(OC3CCN(Cc4ccc(Oc5ccc(OC(F)(F)F)cc5)cc4)CC3)cc1)CC2. The fourth-order valence-electron chi connectivity index (χ4n) is 5.28. The zero-order valence-electron chi connectivity index (χ0n) is 24.6. The summed E-state index contributed by atoms with van der Waals surface area (Å²) in [5, 5.41) is 10.9. The quantitative estimate of drug-likeness (QED) is 0.130. The minimum absolute atomic E-state index is 0.107. The minimum atomic E-state index is -4.73. The molecule has 0 saturated carbocycles. The molecule has 1 saturated heterocycles. The molecule has 46 heavy (non-hydrogen) atoms. The molecule has 3 aromatic carbocycles. The molecule has 6 rings (SSSR count). The van der Waals surface area contributed by atoms with E-state index in [0.717, 1.165) is 43.8 Å². The first-order chi connectivity index (χ1) is 22.1. The monoisotopic (exact) mass is 640 g/mol. The lowest BCUT2D eigenvalue weighted by Gasteiger charge is -2.32. The molecule has 1 atom stereocenters. The van der Waals surface area contributed by atoms with Gasteiger partial charge < -0.3 is 33.8 Å². The third-order valence-corrected chi connectivity index (χ3v) is 7.60. The van der Waals surface area contributed by atoms with E-state index in [1.54, 1.807) is 4.57 Å². The average Bonchev–Trinajstić information content (AvgIpc) is 3.47. The van der Waals surface area contributed by atoms with E-state index >= 15 is 0 Å². The molecule has 2 aliphatic rings. The van der Waals surface area contributed by atoms with Gasteiger partial charge in [0.25, 0.3) is 0 Å². The molecule has 0 bridgehead atoms. The maximum absolute atomic E-state index is 12.3. The van der Waals surface area contributed by atoms with Gasteiger partial charge in [0.15, 0.2) is 0 Å². The van der Waals surface area contributed by atoms with Gasteiger partial charge in [0.2, 0.25) is 0 Å². The lowest BCUT2D eigenvalue weighted by molar-refractivity contribution is -0.389. The number of benzene rings is 3. The predicted molar refractivity (Wildman–Crippen MR) is 158 cm³/mol. The Morgan fingerprint density at radius 1 is 0.848 bits per heavy atom. The van der Waals surface area contributed by atoms with Crippen LogP contribution in [0.25, 0.3) is 0 Å². The highest BCUT2D eigenvalue weighted by molar-refractivity contribution is 5.36. The number of rotatable bonds is 11. The summed E-state index contributed by atoms with van der Waals surface area (Å²) in [5.74, 6) is 1.91. The number of alkyl halides is 3. The molecule has 11 nitrogen and oxygen atoms in total. The molecule has 242 valence electrons. The van der Waals surface area contributed by atoms with Crippen LogP contribution in [0.2, 0.25) is 0 Å². The van der Waals surface area contributed by atoms with Gasteiger partial charge in [0.05, 0.1) is 0 Å². The first-order valence-electron chi connectivity index (χ1n) is 14.8. The molecule has 0 radical (unpaired) electrons. The van der Waals surface area contributed by atoms with Crippen LogP contribution < -0.4 is 23.7 Å². The number of ether oxygens (including phenoxy) is 5. The Kier molecular flexibility index (Phi) is 9.15. The third-order valence-electron chi connectivity index (χ3n) is 7.60. The van der Waals surface area contributed by atoms with Gasteiger partial charge in [0.1, 0.15) is 53.8 Å². The normalized spacial score (nSPS) is 17.1. The highest BCUT2D eigenvalue weighted by atomic mass is 19.4. The summed E-state index contributed by atoms with van der Waals surface area (Å²) < 4.78 is 66.1. The van der Waals surface area contributed by atoms with E-state index < -0.39 is 11.3 Å². The molecule has 2 aliphatic heterocycles. The summed E-state index contributed by atoms with van der Waals surface area (Å²) >= 11 is 0. The van der Waals surface area contributed by atoms with Gasteiger partial charge in [-0.2, -0.15) is 0 Å². The van der Waals surface area contributed by atoms with E-state index in [9.17, 15) is 23.3 Å². The van der Waals surface area contributed by atoms with Gasteiger partial charge >= 0.3 is 18.2 Å². The van der Waals surface area contributed by atoms with Gasteiger partial charge in [-0.05, 0) is 84.0 Å². The van der Waals surface area contributed by atoms with E-state index in [1.165, 1.54) is 30.5 Å². The largest absolute Gasteiger partial charge is 0.573 e. The molecule has 0 spiro atoms. The number of hydrogen-bond donors (Lipinski definition) is 0. The summed E-state index contributed by atoms with van der Waals surface area (Å²) in [5.41, 5.74) is 1.13. The van der Waals surface area contributed by atoms with Gasteiger partial charge in [-0.25, -0.2) is 0 Å². The number of nitro groups is 1. The van der Waals surface area contributed by atoms with Crippen LogP contribution >= 0.6 is 0 Å². The van der Waals surface area contributed by atoms with Crippen LogP contribution in [-0.2, 0) is 13.1 Å². The number of halogens is 3. The predicted octanol–water partition coefficient (Wildman–Crippen LogP) is 6.76. The van der Waals surface area contributed by atoms with Crippen LogP contribution in [-0.4, -0.2) is 57.6 Å². The fraction of sp³-hybridized carbons (Fsp3) is 0.344. The van der Waals surface area contributed by atoms with E-state index in [4.69, 9.17) is 18.9 Å². The zero-order chi connectivity index (χ0) is 32.1. The van der Waals surface area contributed by atoms with Crippen LogP contribution in [0, 0.1) is 10.1 Å². The maximum atomic E-state index is 12.3. The molecule has 0 unspecified atom stereocenters. The number of imidazole rings is 1. The van der Waals surface area contributed by atoms with Crippen molar-refractivity contribution in [1.29, 1.82) is 0 Å². The Labute approximate surface area is 262 Å². The van der Waals surface area contributed by atoms with Crippen LogP contribution in [0.4, 0.5) is 19.0 Å². The number of hydrogen-bond acceptors (Lipinski definition) is 9. The van der Waals surface area contributed by atoms with Crippen molar-refractivity contribution in [3.8, 4) is 34.8 Å². The van der Waals surface area contributed by atoms with Gasteiger partial charge in [-0.1, -0.05) is 12.1 Å². The molecule has 3 heterocycles. The number of likely N-dealkylation sites (tertiary alicyclic amines) is 1. The van der Waals surface area contributed by atoms with Crippen LogP contribution in [0.5, 0.6) is 34.8 Å². The molecule has 14 heteroatoms. The van der Waals surface area contributed by atoms with Gasteiger partial charge in [-0.15, -0.1) is 13.2 Å². The summed E-state index contributed by atoms with van der Waals surface area (Å²) in [6.45, 7) is 3.43. The minimum Gasteiger partial charge on any atom is -0.490 e. The Hall–Kier alpha value is -4.98. The summed E-state index contributed by atoms with van der Waals surface area (Å²) in [7, 11) is 0. The summed E-state index contributed by atoms with van der Waals surface area (Å²) in [6, 6.07) is 20.6. The van der Waals surface area contributed by atoms with Crippen molar-refractivity contribution in [1.82, 2.24) is 14.5 Å². The van der Waals surface area contributed by atoms with Crippen molar-refractivity contribution in [3.05, 3.63) is 94.7 Å². The maximum Gasteiger partial charge on any atom is 0.573 e. The zero-order valence-corrected chi connectivity index (χ0v) is 24.6. The first-order valence-corrected chi connectivity index (χ1v) is 14.8. The molecule has 1 fully saturated rings. The van der Waals surface area contributed by atoms with Gasteiger partial charge in [-0.3, -0.25) is 9.47 Å². The van der Waals surface area contributed by atoms with E-state index in [2.05, 4.69) is 14.6 Å².